The highest BCUT2D eigenvalue weighted by molar-refractivity contribution is 8.63. The fraction of sp³-hybridized carbons (Fsp3) is 0. The summed E-state index contributed by atoms with van der Waals surface area (Å²) in [5.74, 6) is 0. The van der Waals surface area contributed by atoms with E-state index in [-0.39, 0.29) is 0 Å². The SMILES string of the molecule is S=PP=S=S=S=S. The zero-order chi connectivity index (χ0) is 5.54. The lowest BCUT2D eigenvalue weighted by Gasteiger charge is -1.43. The molecule has 0 amide bonds. The highest BCUT2D eigenvalue weighted by Gasteiger charge is 1.47. The van der Waals surface area contributed by atoms with Crippen LogP contribution in [-0.2, 0) is 50.3 Å². The van der Waals surface area contributed by atoms with Crippen LogP contribution in [0.5, 0.6) is 0 Å². The van der Waals surface area contributed by atoms with Crippen LogP contribution in [0.15, 0.2) is 0 Å². The molecular weight excluding hydrogens is 222 g/mol. The number of hydrogen-bond donors (Lipinski definition) is 0. The van der Waals surface area contributed by atoms with Crippen molar-refractivity contribution in [3.63, 3.8) is 0 Å². The summed E-state index contributed by atoms with van der Waals surface area (Å²) in [6.07, 6.45) is 0. The summed E-state index contributed by atoms with van der Waals surface area (Å²) >= 11 is 9.23. The van der Waals surface area contributed by atoms with E-state index in [9.17, 15) is 0 Å². The highest BCUT2D eigenvalue weighted by atomic mass is 33.3. The van der Waals surface area contributed by atoms with Crippen molar-refractivity contribution in [3.8, 4) is 0 Å². The Bertz CT molecular complexity index is 163. The molecule has 0 saturated heterocycles. The predicted molar refractivity (Wildman–Crippen MR) is 50.7 cm³/mol. The van der Waals surface area contributed by atoms with E-state index < -0.39 is 0 Å². The van der Waals surface area contributed by atoms with Crippen LogP contribution in [0.25, 0.3) is 0 Å². The largest absolute Gasteiger partial charge is 0.0470 e. The lowest BCUT2D eigenvalue weighted by molar-refractivity contribution is 5.60. The highest BCUT2D eigenvalue weighted by Crippen LogP contribution is 2.12. The maximum absolute atomic E-state index is 4.65. The summed E-state index contributed by atoms with van der Waals surface area (Å²) in [5.41, 5.74) is 0. The zero-order valence-corrected chi connectivity index (χ0v) is 8.81. The lowest BCUT2D eigenvalue weighted by atomic mass is 29.7. The molecule has 0 unspecified atom stereocenters. The van der Waals surface area contributed by atoms with Gasteiger partial charge in [-0.2, -0.15) is 0 Å². The van der Waals surface area contributed by atoms with Crippen molar-refractivity contribution in [2.24, 2.45) is 0 Å². The van der Waals surface area contributed by atoms with Gasteiger partial charge < -0.3 is 0 Å². The third-order valence-corrected chi connectivity index (χ3v) is 10.1. The number of hydrogen-bond acceptors (Lipinski definition) is 2. The van der Waals surface area contributed by atoms with E-state index in [0.29, 0.717) is 0 Å². The molecule has 0 spiro atoms. The third-order valence-electron chi connectivity index (χ3n) is 0.125. The first-order valence-corrected chi connectivity index (χ1v) is 9.59. The topological polar surface area (TPSA) is 0 Å². The molecule has 0 atom stereocenters. The van der Waals surface area contributed by atoms with Gasteiger partial charge in [0.25, 0.3) is 0 Å². The van der Waals surface area contributed by atoms with Gasteiger partial charge in [-0.25, -0.2) is 0 Å². The molecule has 0 nitrogen and oxygen atoms in total. The molecule has 0 aliphatic carbocycles. The molecule has 7 heavy (non-hydrogen) atoms. The van der Waals surface area contributed by atoms with Gasteiger partial charge in [-0.05, 0) is 50.3 Å². The van der Waals surface area contributed by atoms with Crippen LogP contribution in [0.4, 0.5) is 0 Å². The normalized spacial score (nSPS) is 8.57. The van der Waals surface area contributed by atoms with E-state index in [2.05, 4.69) is 23.0 Å². The van der Waals surface area contributed by atoms with Gasteiger partial charge >= 0.3 is 0 Å². The molecular formula is P2S5. The average Bonchev–Trinajstić information content (AvgIpc) is 1.69. The second kappa shape index (κ2) is 7.70. The Kier molecular flexibility index (Phi) is 9.57. The summed E-state index contributed by atoms with van der Waals surface area (Å²) in [4.78, 5) is 0. The minimum Gasteiger partial charge on any atom is -0.0464 e. The zero-order valence-electron chi connectivity index (χ0n) is 2.94. The Balaban J connectivity index is 4.17. The molecule has 0 N–H and O–H groups in total. The summed E-state index contributed by atoms with van der Waals surface area (Å²) in [5, 5.41) is 0. The molecule has 0 aliphatic heterocycles. The lowest BCUT2D eigenvalue weighted by Crippen LogP contribution is -1.21. The Labute approximate surface area is 63.9 Å². The smallest absolute Gasteiger partial charge is 0.0464 e. The predicted octanol–water partition coefficient (Wildman–Crippen LogP) is 1.71. The second-order valence-corrected chi connectivity index (χ2v) is 10.1. The summed E-state index contributed by atoms with van der Waals surface area (Å²) in [7, 11) is 6.83. The van der Waals surface area contributed by atoms with E-state index in [1.807, 2.05) is 0 Å². The quantitative estimate of drug-likeness (QED) is 0.619. The molecule has 40 valence electrons. The molecule has 0 saturated carbocycles. The van der Waals surface area contributed by atoms with E-state index in [4.69, 9.17) is 0 Å². The van der Waals surface area contributed by atoms with E-state index >= 15 is 0 Å². The van der Waals surface area contributed by atoms with E-state index in [0.717, 1.165) is 7.04 Å². The van der Waals surface area contributed by atoms with Gasteiger partial charge in [-0.15, -0.1) is 0 Å². The van der Waals surface area contributed by atoms with Crippen LogP contribution in [0.2, 0.25) is 0 Å². The Morgan fingerprint density at radius 3 is 2.57 bits per heavy atom. The van der Waals surface area contributed by atoms with E-state index in [1.165, 1.54) is 15.9 Å². The fourth-order valence-electron chi connectivity index (χ4n) is 0.0396. The average molecular weight is 222 g/mol. The van der Waals surface area contributed by atoms with Gasteiger partial charge in [0.15, 0.2) is 0 Å². The molecule has 0 rings (SSSR count). The van der Waals surface area contributed by atoms with Crippen molar-refractivity contribution >= 4 is 64.3 Å². The van der Waals surface area contributed by atoms with Gasteiger partial charge in [-0.3, -0.25) is 0 Å². The monoisotopic (exact) mass is 222 g/mol. The first-order chi connectivity index (χ1) is 3.41. The molecule has 0 bridgehead atoms. The van der Waals surface area contributed by atoms with Crippen LogP contribution in [0, 0.1) is 0 Å². The fourth-order valence-corrected chi connectivity index (χ4v) is 9.63. The van der Waals surface area contributed by atoms with Crippen LogP contribution in [0.1, 0.15) is 0 Å². The maximum atomic E-state index is 4.65. The van der Waals surface area contributed by atoms with Crippen LogP contribution >= 0.6 is 14.1 Å². The van der Waals surface area contributed by atoms with Crippen LogP contribution in [-0.4, -0.2) is 0 Å². The summed E-state index contributed by atoms with van der Waals surface area (Å²) in [6.45, 7) is 0. The molecule has 7 heteroatoms. The van der Waals surface area contributed by atoms with E-state index in [1.54, 1.807) is 18.4 Å². The summed E-state index contributed by atoms with van der Waals surface area (Å²) in [6, 6.07) is 0. The Morgan fingerprint density at radius 1 is 1.43 bits per heavy atom. The minimum atomic E-state index is 0.993. The minimum absolute atomic E-state index is 0.993. The van der Waals surface area contributed by atoms with Crippen LogP contribution in [0.3, 0.4) is 0 Å². The van der Waals surface area contributed by atoms with Gasteiger partial charge in [-0.1, -0.05) is 0 Å². The Hall–Kier alpha value is 1.70. The standard InChI is InChI=1S/P2S5/c3-1-2-5-7-6-4. The van der Waals surface area contributed by atoms with Crippen molar-refractivity contribution in [1.29, 1.82) is 0 Å². The molecule has 0 aromatic rings. The molecule has 0 fully saturated rings. The number of rotatable bonds is 1. The first kappa shape index (κ1) is 8.70. The van der Waals surface area contributed by atoms with Crippen molar-refractivity contribution in [1.82, 2.24) is 0 Å². The molecule has 0 aromatic heterocycles. The Morgan fingerprint density at radius 2 is 2.14 bits per heavy atom. The van der Waals surface area contributed by atoms with Crippen LogP contribution < -0.4 is 0 Å². The maximum Gasteiger partial charge on any atom is 0.0470 e. The molecule has 0 aliphatic rings. The van der Waals surface area contributed by atoms with Gasteiger partial charge in [0, 0.05) is 14.1 Å². The molecule has 0 heterocycles. The second-order valence-electron chi connectivity index (χ2n) is 0.374. The summed E-state index contributed by atoms with van der Waals surface area (Å²) < 4.78 is 0. The van der Waals surface area contributed by atoms with Crippen molar-refractivity contribution in [3.05, 3.63) is 0 Å². The van der Waals surface area contributed by atoms with Gasteiger partial charge in [0.2, 0.25) is 0 Å². The van der Waals surface area contributed by atoms with Gasteiger partial charge in [0.05, 0.1) is 0 Å². The van der Waals surface area contributed by atoms with Crippen molar-refractivity contribution < 1.29 is 0 Å². The first-order valence-electron chi connectivity index (χ1n) is 1.07. The molecule has 0 radical (unpaired) electrons. The van der Waals surface area contributed by atoms with Crippen molar-refractivity contribution in [2.45, 2.75) is 0 Å². The third kappa shape index (κ3) is 7.70. The molecule has 0 aromatic carbocycles. The van der Waals surface area contributed by atoms with Crippen molar-refractivity contribution in [2.75, 3.05) is 0 Å². The van der Waals surface area contributed by atoms with Gasteiger partial charge in [0.1, 0.15) is 0 Å².